The Kier molecular flexibility index (Phi) is 9.86. The van der Waals surface area contributed by atoms with Gasteiger partial charge in [-0.3, -0.25) is 4.99 Å². The van der Waals surface area contributed by atoms with Crippen LogP contribution in [-0.2, 0) is 15.9 Å². The molecule has 152 valence electrons. The first-order valence-corrected chi connectivity index (χ1v) is 9.92. The molecule has 1 aromatic carbocycles. The van der Waals surface area contributed by atoms with Crippen LogP contribution in [0.4, 0.5) is 0 Å². The molecule has 5 nitrogen and oxygen atoms in total. The van der Waals surface area contributed by atoms with E-state index in [1.165, 1.54) is 36.8 Å². The van der Waals surface area contributed by atoms with E-state index in [4.69, 9.17) is 9.47 Å². The van der Waals surface area contributed by atoms with E-state index < -0.39 is 0 Å². The van der Waals surface area contributed by atoms with Crippen LogP contribution in [0.25, 0.3) is 0 Å². The zero-order valence-corrected chi connectivity index (χ0v) is 19.0. The number of hydrogen-bond donors (Lipinski definition) is 1. The Morgan fingerprint density at radius 3 is 2.93 bits per heavy atom. The number of aryl methyl sites for hydroxylation is 1. The Balaban J connectivity index is 0.00000261. The lowest BCUT2D eigenvalue weighted by molar-refractivity contribution is 0.0536. The largest absolute Gasteiger partial charge is 0.382 e. The third-order valence-corrected chi connectivity index (χ3v) is 5.58. The third kappa shape index (κ3) is 6.32. The van der Waals surface area contributed by atoms with E-state index in [1.807, 2.05) is 7.05 Å². The zero-order valence-electron chi connectivity index (χ0n) is 16.7. The standard InChI is InChI=1S/C21H33N3O2.HI/c1-22-21(24-11-10-17(15-24)16-26-13-12-25-2)23-14-19-8-5-7-18-6-3-4-9-20(18)19;/h3-4,6,9,17,19H,5,7-8,10-16H2,1-2H3,(H,22,23);1H. The zero-order chi connectivity index (χ0) is 18.2. The number of likely N-dealkylation sites (tertiary alicyclic amines) is 1. The minimum Gasteiger partial charge on any atom is -0.382 e. The molecule has 2 aliphatic rings. The SMILES string of the molecule is CN=C(NCC1CCCc2ccccc21)N1CCC(COCCOC)C1.I. The second-order valence-corrected chi connectivity index (χ2v) is 7.38. The van der Waals surface area contributed by atoms with Crippen molar-refractivity contribution >= 4 is 29.9 Å². The van der Waals surface area contributed by atoms with Crippen LogP contribution in [0.2, 0.25) is 0 Å². The highest BCUT2D eigenvalue weighted by atomic mass is 127. The maximum atomic E-state index is 5.70. The molecule has 3 rings (SSSR count). The normalized spacial score (nSPS) is 22.3. The molecule has 2 unspecified atom stereocenters. The second kappa shape index (κ2) is 11.9. The number of methoxy groups -OCH3 is 1. The Morgan fingerprint density at radius 2 is 2.11 bits per heavy atom. The van der Waals surface area contributed by atoms with Crippen LogP contribution in [0, 0.1) is 5.92 Å². The molecule has 1 fully saturated rings. The summed E-state index contributed by atoms with van der Waals surface area (Å²) in [5.74, 6) is 2.21. The monoisotopic (exact) mass is 487 g/mol. The molecule has 2 atom stereocenters. The molecule has 0 amide bonds. The summed E-state index contributed by atoms with van der Waals surface area (Å²) in [4.78, 5) is 6.90. The van der Waals surface area contributed by atoms with Gasteiger partial charge in [0.1, 0.15) is 0 Å². The summed E-state index contributed by atoms with van der Waals surface area (Å²) in [5.41, 5.74) is 3.04. The van der Waals surface area contributed by atoms with Gasteiger partial charge in [0.2, 0.25) is 0 Å². The Labute approximate surface area is 180 Å². The smallest absolute Gasteiger partial charge is 0.193 e. The van der Waals surface area contributed by atoms with E-state index in [9.17, 15) is 0 Å². The Bertz CT molecular complexity index is 597. The molecule has 1 aromatic rings. The van der Waals surface area contributed by atoms with Crippen LogP contribution >= 0.6 is 24.0 Å². The van der Waals surface area contributed by atoms with Crippen LogP contribution in [0.1, 0.15) is 36.3 Å². The van der Waals surface area contributed by atoms with E-state index in [0.29, 0.717) is 25.0 Å². The van der Waals surface area contributed by atoms with Gasteiger partial charge in [-0.2, -0.15) is 0 Å². The molecule has 1 aliphatic carbocycles. The first-order chi connectivity index (χ1) is 12.8. The van der Waals surface area contributed by atoms with Crippen molar-refractivity contribution in [2.75, 3.05) is 53.6 Å². The molecule has 6 heteroatoms. The number of ether oxygens (including phenoxy) is 2. The molecule has 1 saturated heterocycles. The van der Waals surface area contributed by atoms with Crippen molar-refractivity contribution in [1.82, 2.24) is 10.2 Å². The molecule has 1 aliphatic heterocycles. The Morgan fingerprint density at radius 1 is 1.26 bits per heavy atom. The summed E-state index contributed by atoms with van der Waals surface area (Å²) in [7, 11) is 3.60. The van der Waals surface area contributed by atoms with E-state index >= 15 is 0 Å². The maximum absolute atomic E-state index is 5.70. The first kappa shape index (κ1) is 22.4. The van der Waals surface area contributed by atoms with E-state index in [2.05, 4.69) is 39.5 Å². The van der Waals surface area contributed by atoms with Gasteiger partial charge >= 0.3 is 0 Å². The molecule has 0 spiro atoms. The number of benzene rings is 1. The molecule has 1 heterocycles. The minimum absolute atomic E-state index is 0. The van der Waals surface area contributed by atoms with Crippen LogP contribution in [0.3, 0.4) is 0 Å². The van der Waals surface area contributed by atoms with Gasteiger partial charge in [0, 0.05) is 45.6 Å². The Hall–Kier alpha value is -0.860. The second-order valence-electron chi connectivity index (χ2n) is 7.38. The van der Waals surface area contributed by atoms with Gasteiger partial charge < -0.3 is 19.7 Å². The summed E-state index contributed by atoms with van der Waals surface area (Å²) in [6, 6.07) is 8.91. The van der Waals surface area contributed by atoms with E-state index in [1.54, 1.807) is 7.11 Å². The summed E-state index contributed by atoms with van der Waals surface area (Å²) < 4.78 is 10.7. The average Bonchev–Trinajstić information content (AvgIpc) is 3.14. The van der Waals surface area contributed by atoms with Crippen molar-refractivity contribution in [1.29, 1.82) is 0 Å². The fraction of sp³-hybridized carbons (Fsp3) is 0.667. The molecule has 0 bridgehead atoms. The van der Waals surface area contributed by atoms with Gasteiger partial charge in [0.25, 0.3) is 0 Å². The third-order valence-electron chi connectivity index (χ3n) is 5.58. The fourth-order valence-electron chi connectivity index (χ4n) is 4.17. The van der Waals surface area contributed by atoms with Crippen LogP contribution in [0.5, 0.6) is 0 Å². The summed E-state index contributed by atoms with van der Waals surface area (Å²) in [6.45, 7) is 5.21. The van der Waals surface area contributed by atoms with Crippen molar-refractivity contribution in [2.24, 2.45) is 10.9 Å². The van der Waals surface area contributed by atoms with Gasteiger partial charge in [-0.15, -0.1) is 24.0 Å². The van der Waals surface area contributed by atoms with E-state index in [-0.39, 0.29) is 24.0 Å². The minimum atomic E-state index is 0. The topological polar surface area (TPSA) is 46.1 Å². The van der Waals surface area contributed by atoms with Gasteiger partial charge in [-0.1, -0.05) is 24.3 Å². The summed E-state index contributed by atoms with van der Waals surface area (Å²) >= 11 is 0. The predicted molar refractivity (Wildman–Crippen MR) is 121 cm³/mol. The number of guanidine groups is 1. The lowest BCUT2D eigenvalue weighted by Gasteiger charge is -2.28. The lowest BCUT2D eigenvalue weighted by Crippen LogP contribution is -2.42. The van der Waals surface area contributed by atoms with Gasteiger partial charge in [-0.05, 0) is 36.8 Å². The maximum Gasteiger partial charge on any atom is 0.193 e. The van der Waals surface area contributed by atoms with Crippen molar-refractivity contribution in [3.8, 4) is 0 Å². The molecular formula is C21H34IN3O2. The van der Waals surface area contributed by atoms with Gasteiger partial charge in [0.05, 0.1) is 19.8 Å². The van der Waals surface area contributed by atoms with Crippen LogP contribution in [-0.4, -0.2) is 64.5 Å². The molecule has 0 aromatic heterocycles. The highest BCUT2D eigenvalue weighted by molar-refractivity contribution is 14.0. The number of rotatable bonds is 7. The predicted octanol–water partition coefficient (Wildman–Crippen LogP) is 3.28. The molecule has 1 N–H and O–H groups in total. The number of halogens is 1. The van der Waals surface area contributed by atoms with Gasteiger partial charge in [-0.25, -0.2) is 0 Å². The van der Waals surface area contributed by atoms with Crippen molar-refractivity contribution in [3.63, 3.8) is 0 Å². The number of nitrogens with one attached hydrogen (secondary N) is 1. The lowest BCUT2D eigenvalue weighted by atomic mass is 9.83. The quantitative estimate of drug-likeness (QED) is 0.278. The average molecular weight is 487 g/mol. The van der Waals surface area contributed by atoms with Crippen LogP contribution in [0.15, 0.2) is 29.3 Å². The number of nitrogens with zero attached hydrogens (tertiary/aromatic N) is 2. The van der Waals surface area contributed by atoms with Crippen LogP contribution < -0.4 is 5.32 Å². The highest BCUT2D eigenvalue weighted by Gasteiger charge is 2.26. The fourth-order valence-corrected chi connectivity index (χ4v) is 4.17. The molecule has 0 radical (unpaired) electrons. The van der Waals surface area contributed by atoms with Crippen molar-refractivity contribution in [3.05, 3.63) is 35.4 Å². The molecule has 27 heavy (non-hydrogen) atoms. The first-order valence-electron chi connectivity index (χ1n) is 9.92. The number of fused-ring (bicyclic) bond motifs is 1. The van der Waals surface area contributed by atoms with Crippen molar-refractivity contribution < 1.29 is 9.47 Å². The number of aliphatic imine (C=N–C) groups is 1. The molecule has 0 saturated carbocycles. The van der Waals surface area contributed by atoms with E-state index in [0.717, 1.165) is 32.2 Å². The summed E-state index contributed by atoms with van der Waals surface area (Å²) in [5, 5.41) is 3.63. The summed E-state index contributed by atoms with van der Waals surface area (Å²) in [6.07, 6.45) is 4.93. The van der Waals surface area contributed by atoms with Gasteiger partial charge in [0.15, 0.2) is 5.96 Å². The highest BCUT2D eigenvalue weighted by Crippen LogP contribution is 2.30. The van der Waals surface area contributed by atoms with Crippen molar-refractivity contribution in [2.45, 2.75) is 31.6 Å². The number of hydrogen-bond acceptors (Lipinski definition) is 3. The molecular weight excluding hydrogens is 453 g/mol.